The topological polar surface area (TPSA) is 89.3 Å². The van der Waals surface area contributed by atoms with E-state index in [1.54, 1.807) is 25.1 Å². The molecule has 5 nitrogen and oxygen atoms in total. The third-order valence-corrected chi connectivity index (χ3v) is 5.07. The third kappa shape index (κ3) is 4.77. The number of amides is 1. The van der Waals surface area contributed by atoms with Crippen LogP contribution in [-0.4, -0.2) is 14.3 Å². The molecule has 0 aliphatic heterocycles. The van der Waals surface area contributed by atoms with Gasteiger partial charge in [-0.2, -0.15) is 0 Å². The fraction of sp³-hybridized carbons (Fsp3) is 0.118. The van der Waals surface area contributed by atoms with Crippen LogP contribution in [0.3, 0.4) is 0 Å². The molecule has 126 valence electrons. The largest absolute Gasteiger partial charge is 0.322 e. The summed E-state index contributed by atoms with van der Waals surface area (Å²) in [4.78, 5) is 12.0. The molecule has 0 unspecified atom stereocenters. The Kier molecular flexibility index (Phi) is 5.58. The number of primary sulfonamides is 1. The van der Waals surface area contributed by atoms with Gasteiger partial charge in [-0.05, 0) is 54.8 Å². The van der Waals surface area contributed by atoms with Gasteiger partial charge >= 0.3 is 0 Å². The average Bonchev–Trinajstić information content (AvgIpc) is 2.47. The van der Waals surface area contributed by atoms with Crippen LogP contribution in [0.1, 0.15) is 16.7 Å². The minimum Gasteiger partial charge on any atom is -0.322 e. The molecule has 24 heavy (non-hydrogen) atoms. The number of hydrogen-bond donors (Lipinski definition) is 2. The number of carbonyl (C=O) groups is 1. The Morgan fingerprint density at radius 2 is 1.88 bits per heavy atom. The molecule has 2 rings (SSSR count). The van der Waals surface area contributed by atoms with Crippen molar-refractivity contribution in [1.29, 1.82) is 0 Å². The predicted molar refractivity (Wildman–Crippen MR) is 99.1 cm³/mol. The van der Waals surface area contributed by atoms with Gasteiger partial charge in [-0.1, -0.05) is 34.1 Å². The lowest BCUT2D eigenvalue weighted by Gasteiger charge is -2.07. The third-order valence-electron chi connectivity index (χ3n) is 3.33. The zero-order chi connectivity index (χ0) is 17.9. The second-order valence-corrected chi connectivity index (χ2v) is 7.76. The Morgan fingerprint density at radius 3 is 2.50 bits per heavy atom. The summed E-state index contributed by atoms with van der Waals surface area (Å²) in [5.74, 6) is -0.369. The second-order valence-electron chi connectivity index (χ2n) is 5.37. The van der Waals surface area contributed by atoms with Gasteiger partial charge in [-0.15, -0.1) is 0 Å². The molecule has 2 aromatic carbocycles. The number of aryl methyl sites for hydroxylation is 2. The van der Waals surface area contributed by atoms with E-state index < -0.39 is 10.0 Å². The number of anilines is 1. The van der Waals surface area contributed by atoms with Crippen LogP contribution in [0.5, 0.6) is 0 Å². The van der Waals surface area contributed by atoms with Crippen LogP contribution in [0.25, 0.3) is 6.08 Å². The van der Waals surface area contributed by atoms with Gasteiger partial charge in [-0.3, -0.25) is 4.79 Å². The first kappa shape index (κ1) is 18.4. The van der Waals surface area contributed by atoms with Gasteiger partial charge in [0, 0.05) is 16.2 Å². The monoisotopic (exact) mass is 408 g/mol. The van der Waals surface area contributed by atoms with Crippen molar-refractivity contribution < 1.29 is 13.2 Å². The van der Waals surface area contributed by atoms with Crippen molar-refractivity contribution in [3.8, 4) is 0 Å². The minimum absolute atomic E-state index is 0.00874. The lowest BCUT2D eigenvalue weighted by molar-refractivity contribution is -0.111. The summed E-state index contributed by atoms with van der Waals surface area (Å²) in [6, 6.07) is 10.4. The molecule has 0 saturated heterocycles. The van der Waals surface area contributed by atoms with Crippen molar-refractivity contribution >= 4 is 43.6 Å². The summed E-state index contributed by atoms with van der Waals surface area (Å²) >= 11 is 3.44. The number of nitrogens with one attached hydrogen (secondary N) is 1. The van der Waals surface area contributed by atoms with Crippen LogP contribution >= 0.6 is 15.9 Å². The first-order chi connectivity index (χ1) is 11.2. The Hall–Kier alpha value is -1.96. The number of benzene rings is 2. The Bertz CT molecular complexity index is 921. The van der Waals surface area contributed by atoms with Crippen molar-refractivity contribution in [2.24, 2.45) is 5.14 Å². The predicted octanol–water partition coefficient (Wildman–Crippen LogP) is 3.37. The highest BCUT2D eigenvalue weighted by Gasteiger charge is 2.12. The average molecular weight is 409 g/mol. The molecule has 0 aromatic heterocycles. The van der Waals surface area contributed by atoms with Gasteiger partial charge in [-0.25, -0.2) is 13.6 Å². The van der Waals surface area contributed by atoms with E-state index in [0.29, 0.717) is 11.3 Å². The molecule has 2 aromatic rings. The van der Waals surface area contributed by atoms with Crippen LogP contribution in [0.2, 0.25) is 0 Å². The molecule has 0 heterocycles. The molecule has 0 aliphatic carbocycles. The molecule has 0 saturated carbocycles. The number of nitrogens with two attached hydrogens (primary N) is 1. The van der Waals surface area contributed by atoms with Crippen molar-refractivity contribution in [3.63, 3.8) is 0 Å². The first-order valence-corrected chi connectivity index (χ1v) is 9.39. The molecule has 3 N–H and O–H groups in total. The van der Waals surface area contributed by atoms with Gasteiger partial charge < -0.3 is 5.32 Å². The number of halogens is 1. The molecule has 0 spiro atoms. The Labute approximate surface area is 149 Å². The SMILES string of the molecule is Cc1ccc(C=CC(=O)Nc2ccc(C)c(S(N)(=O)=O)c2)c(Br)c1. The smallest absolute Gasteiger partial charge is 0.248 e. The van der Waals surface area contributed by atoms with E-state index >= 15 is 0 Å². The summed E-state index contributed by atoms with van der Waals surface area (Å²) in [5, 5.41) is 7.78. The van der Waals surface area contributed by atoms with Crippen molar-refractivity contribution in [1.82, 2.24) is 0 Å². The number of carbonyl (C=O) groups excluding carboxylic acids is 1. The molecule has 7 heteroatoms. The van der Waals surface area contributed by atoms with E-state index in [2.05, 4.69) is 21.2 Å². The van der Waals surface area contributed by atoms with E-state index in [-0.39, 0.29) is 10.8 Å². The zero-order valence-electron chi connectivity index (χ0n) is 13.2. The quantitative estimate of drug-likeness (QED) is 0.759. The van der Waals surface area contributed by atoms with Gasteiger partial charge in [0.15, 0.2) is 0 Å². The highest BCUT2D eigenvalue weighted by atomic mass is 79.9. The van der Waals surface area contributed by atoms with Crippen LogP contribution < -0.4 is 10.5 Å². The number of sulfonamides is 1. The molecule has 0 atom stereocenters. The van der Waals surface area contributed by atoms with E-state index in [4.69, 9.17) is 5.14 Å². The van der Waals surface area contributed by atoms with Gasteiger partial charge in [0.25, 0.3) is 0 Å². The van der Waals surface area contributed by atoms with Gasteiger partial charge in [0.2, 0.25) is 15.9 Å². The summed E-state index contributed by atoms with van der Waals surface area (Å²) in [7, 11) is -3.83. The normalized spacial score (nSPS) is 11.7. The summed E-state index contributed by atoms with van der Waals surface area (Å²) in [6.45, 7) is 3.62. The van der Waals surface area contributed by atoms with E-state index in [1.165, 1.54) is 12.1 Å². The standard InChI is InChI=1S/C17H17BrN2O3S/c1-11-3-5-13(15(18)9-11)6-8-17(21)20-14-7-4-12(2)16(10-14)24(19,22)23/h3-10H,1-2H3,(H,20,21)(H2,19,22,23). The van der Waals surface area contributed by atoms with E-state index in [9.17, 15) is 13.2 Å². The molecular weight excluding hydrogens is 392 g/mol. The molecule has 0 fully saturated rings. The van der Waals surface area contributed by atoms with Gasteiger partial charge in [0.05, 0.1) is 4.90 Å². The lowest BCUT2D eigenvalue weighted by Crippen LogP contribution is -2.15. The van der Waals surface area contributed by atoms with Crippen LogP contribution in [-0.2, 0) is 14.8 Å². The number of hydrogen-bond acceptors (Lipinski definition) is 3. The second kappa shape index (κ2) is 7.29. The molecule has 1 amide bonds. The maximum Gasteiger partial charge on any atom is 0.248 e. The summed E-state index contributed by atoms with van der Waals surface area (Å²) < 4.78 is 23.9. The summed E-state index contributed by atoms with van der Waals surface area (Å²) in [5.41, 5.74) is 2.86. The highest BCUT2D eigenvalue weighted by molar-refractivity contribution is 9.10. The van der Waals surface area contributed by atoms with Crippen molar-refractivity contribution in [2.45, 2.75) is 18.7 Å². The fourth-order valence-corrected chi connectivity index (χ4v) is 3.53. The van der Waals surface area contributed by atoms with Gasteiger partial charge in [0.1, 0.15) is 0 Å². The zero-order valence-corrected chi connectivity index (χ0v) is 15.6. The number of rotatable bonds is 4. The molecule has 0 radical (unpaired) electrons. The van der Waals surface area contributed by atoms with Crippen molar-refractivity contribution in [3.05, 3.63) is 63.6 Å². The summed E-state index contributed by atoms with van der Waals surface area (Å²) in [6.07, 6.45) is 3.06. The lowest BCUT2D eigenvalue weighted by atomic mass is 10.1. The van der Waals surface area contributed by atoms with Crippen molar-refractivity contribution in [2.75, 3.05) is 5.32 Å². The maximum atomic E-state index is 12.0. The molecule has 0 bridgehead atoms. The Morgan fingerprint density at radius 1 is 1.17 bits per heavy atom. The van der Waals surface area contributed by atoms with Crippen LogP contribution in [0.15, 0.2) is 51.8 Å². The maximum absolute atomic E-state index is 12.0. The van der Waals surface area contributed by atoms with E-state index in [1.807, 2.05) is 25.1 Å². The molecular formula is C17H17BrN2O3S. The van der Waals surface area contributed by atoms with Crippen LogP contribution in [0, 0.1) is 13.8 Å². The fourth-order valence-electron chi connectivity index (χ4n) is 2.10. The highest BCUT2D eigenvalue weighted by Crippen LogP contribution is 2.21. The molecule has 0 aliphatic rings. The van der Waals surface area contributed by atoms with E-state index in [0.717, 1.165) is 15.6 Å². The Balaban J connectivity index is 2.17. The van der Waals surface area contributed by atoms with Crippen LogP contribution in [0.4, 0.5) is 5.69 Å². The minimum atomic E-state index is -3.83. The first-order valence-electron chi connectivity index (χ1n) is 7.05.